The SMILES string of the molecule is CCCCN(C)C(=O)CN(C)CC(=O)Nc1ccc(C)cc1. The van der Waals surface area contributed by atoms with Crippen LogP contribution in [0.4, 0.5) is 5.69 Å². The van der Waals surface area contributed by atoms with Crippen molar-refractivity contribution in [3.8, 4) is 0 Å². The molecular weight excluding hydrogens is 278 g/mol. The number of benzene rings is 1. The fraction of sp³-hybridized carbons (Fsp3) is 0.529. The van der Waals surface area contributed by atoms with Gasteiger partial charge in [-0.25, -0.2) is 0 Å². The summed E-state index contributed by atoms with van der Waals surface area (Å²) >= 11 is 0. The molecule has 0 saturated heterocycles. The van der Waals surface area contributed by atoms with Crippen LogP contribution in [0, 0.1) is 6.92 Å². The second-order valence-electron chi connectivity index (χ2n) is 5.76. The third-order valence-corrected chi connectivity index (χ3v) is 3.43. The number of carbonyl (C=O) groups excluding carboxylic acids is 2. The Balaban J connectivity index is 2.37. The highest BCUT2D eigenvalue weighted by Crippen LogP contribution is 2.08. The van der Waals surface area contributed by atoms with Crippen molar-refractivity contribution in [2.24, 2.45) is 0 Å². The number of nitrogens with one attached hydrogen (secondary N) is 1. The number of carbonyl (C=O) groups is 2. The third kappa shape index (κ3) is 6.72. The van der Waals surface area contributed by atoms with E-state index in [0.29, 0.717) is 0 Å². The minimum Gasteiger partial charge on any atom is -0.345 e. The summed E-state index contributed by atoms with van der Waals surface area (Å²) < 4.78 is 0. The fourth-order valence-electron chi connectivity index (χ4n) is 2.01. The van der Waals surface area contributed by atoms with Gasteiger partial charge in [-0.1, -0.05) is 31.0 Å². The molecular formula is C17H27N3O2. The third-order valence-electron chi connectivity index (χ3n) is 3.43. The predicted octanol–water partition coefficient (Wildman–Crippen LogP) is 2.12. The average molecular weight is 305 g/mol. The van der Waals surface area contributed by atoms with Crippen LogP contribution in [-0.4, -0.2) is 55.3 Å². The number of aryl methyl sites for hydroxylation is 1. The summed E-state index contributed by atoms with van der Waals surface area (Å²) in [6, 6.07) is 7.64. The molecule has 0 aliphatic rings. The summed E-state index contributed by atoms with van der Waals surface area (Å²) in [5.74, 6) is -0.0746. The Bertz CT molecular complexity index is 485. The number of rotatable bonds is 8. The molecule has 1 N–H and O–H groups in total. The van der Waals surface area contributed by atoms with E-state index in [-0.39, 0.29) is 24.9 Å². The van der Waals surface area contributed by atoms with E-state index < -0.39 is 0 Å². The molecule has 0 saturated carbocycles. The molecule has 5 heteroatoms. The van der Waals surface area contributed by atoms with Gasteiger partial charge in [0.25, 0.3) is 0 Å². The lowest BCUT2D eigenvalue weighted by atomic mass is 10.2. The minimum atomic E-state index is -0.115. The Labute approximate surface area is 133 Å². The van der Waals surface area contributed by atoms with Crippen LogP contribution in [0.2, 0.25) is 0 Å². The van der Waals surface area contributed by atoms with Crippen molar-refractivity contribution in [2.45, 2.75) is 26.7 Å². The van der Waals surface area contributed by atoms with Crippen LogP contribution in [0.3, 0.4) is 0 Å². The second kappa shape index (κ2) is 9.20. The van der Waals surface area contributed by atoms with Gasteiger partial charge in [0, 0.05) is 19.3 Å². The molecule has 0 atom stereocenters. The smallest absolute Gasteiger partial charge is 0.238 e. The van der Waals surface area contributed by atoms with E-state index in [0.717, 1.165) is 30.6 Å². The van der Waals surface area contributed by atoms with Gasteiger partial charge in [0.2, 0.25) is 11.8 Å². The fourth-order valence-corrected chi connectivity index (χ4v) is 2.01. The van der Waals surface area contributed by atoms with Gasteiger partial charge in [-0.2, -0.15) is 0 Å². The van der Waals surface area contributed by atoms with Gasteiger partial charge in [-0.15, -0.1) is 0 Å². The molecule has 0 fully saturated rings. The molecule has 0 aliphatic heterocycles. The summed E-state index contributed by atoms with van der Waals surface area (Å²) in [4.78, 5) is 27.4. The number of unbranched alkanes of at least 4 members (excludes halogenated alkanes) is 1. The quantitative estimate of drug-likeness (QED) is 0.800. The van der Waals surface area contributed by atoms with Gasteiger partial charge in [0.1, 0.15) is 0 Å². The van der Waals surface area contributed by atoms with Crippen LogP contribution >= 0.6 is 0 Å². The van der Waals surface area contributed by atoms with Crippen molar-refractivity contribution in [3.63, 3.8) is 0 Å². The van der Waals surface area contributed by atoms with Crippen molar-refractivity contribution < 1.29 is 9.59 Å². The molecule has 122 valence electrons. The van der Waals surface area contributed by atoms with Gasteiger partial charge in [-0.3, -0.25) is 14.5 Å². The largest absolute Gasteiger partial charge is 0.345 e. The summed E-state index contributed by atoms with van der Waals surface area (Å²) in [6.45, 7) is 5.31. The van der Waals surface area contributed by atoms with Gasteiger partial charge in [0.05, 0.1) is 13.1 Å². The maximum atomic E-state index is 12.0. The van der Waals surface area contributed by atoms with Crippen molar-refractivity contribution in [2.75, 3.05) is 39.0 Å². The molecule has 1 rings (SSSR count). The van der Waals surface area contributed by atoms with Crippen LogP contribution in [0.25, 0.3) is 0 Å². The number of hydrogen-bond donors (Lipinski definition) is 1. The Morgan fingerprint density at radius 3 is 2.32 bits per heavy atom. The molecule has 0 radical (unpaired) electrons. The van der Waals surface area contributed by atoms with Crippen LogP contribution in [-0.2, 0) is 9.59 Å². The Morgan fingerprint density at radius 1 is 1.09 bits per heavy atom. The highest BCUT2D eigenvalue weighted by atomic mass is 16.2. The number of anilines is 1. The van der Waals surface area contributed by atoms with Crippen LogP contribution in [0.1, 0.15) is 25.3 Å². The number of hydrogen-bond acceptors (Lipinski definition) is 3. The Hall–Kier alpha value is -1.88. The van der Waals surface area contributed by atoms with Crippen LogP contribution < -0.4 is 5.32 Å². The topological polar surface area (TPSA) is 52.7 Å². The Kier molecular flexibility index (Phi) is 7.60. The maximum Gasteiger partial charge on any atom is 0.238 e. The van der Waals surface area contributed by atoms with E-state index in [9.17, 15) is 9.59 Å². The summed E-state index contributed by atoms with van der Waals surface area (Å²) in [5, 5.41) is 2.83. The monoisotopic (exact) mass is 305 g/mol. The molecule has 0 aromatic heterocycles. The number of nitrogens with zero attached hydrogens (tertiary/aromatic N) is 2. The molecule has 22 heavy (non-hydrogen) atoms. The van der Waals surface area contributed by atoms with E-state index in [1.807, 2.05) is 31.2 Å². The van der Waals surface area contributed by atoms with Crippen molar-refractivity contribution >= 4 is 17.5 Å². The molecule has 2 amide bonds. The van der Waals surface area contributed by atoms with E-state index in [4.69, 9.17) is 0 Å². The van der Waals surface area contributed by atoms with Crippen molar-refractivity contribution in [1.29, 1.82) is 0 Å². The number of amides is 2. The molecule has 5 nitrogen and oxygen atoms in total. The van der Waals surface area contributed by atoms with E-state index in [1.165, 1.54) is 0 Å². The molecule has 0 bridgehead atoms. The first-order valence-corrected chi connectivity index (χ1v) is 7.71. The van der Waals surface area contributed by atoms with Crippen LogP contribution in [0.5, 0.6) is 0 Å². The van der Waals surface area contributed by atoms with E-state index >= 15 is 0 Å². The molecule has 0 spiro atoms. The van der Waals surface area contributed by atoms with Crippen molar-refractivity contribution in [1.82, 2.24) is 9.80 Å². The zero-order valence-electron chi connectivity index (χ0n) is 14.1. The lowest BCUT2D eigenvalue weighted by molar-refractivity contribution is -0.131. The molecule has 1 aromatic rings. The zero-order valence-corrected chi connectivity index (χ0v) is 14.1. The van der Waals surface area contributed by atoms with E-state index in [1.54, 1.807) is 23.9 Å². The summed E-state index contributed by atoms with van der Waals surface area (Å²) in [6.07, 6.45) is 2.06. The first-order chi connectivity index (χ1) is 10.4. The first-order valence-electron chi connectivity index (χ1n) is 7.71. The maximum absolute atomic E-state index is 12.0. The standard InChI is InChI=1S/C17H27N3O2/c1-5-6-11-20(4)17(22)13-19(3)12-16(21)18-15-9-7-14(2)8-10-15/h7-10H,5-6,11-13H2,1-4H3,(H,18,21). The highest BCUT2D eigenvalue weighted by Gasteiger charge is 2.13. The summed E-state index contributed by atoms with van der Waals surface area (Å²) in [7, 11) is 3.58. The molecule has 0 heterocycles. The van der Waals surface area contributed by atoms with Crippen molar-refractivity contribution in [3.05, 3.63) is 29.8 Å². The highest BCUT2D eigenvalue weighted by molar-refractivity contribution is 5.92. The normalized spacial score (nSPS) is 10.6. The van der Waals surface area contributed by atoms with E-state index in [2.05, 4.69) is 12.2 Å². The lowest BCUT2D eigenvalue weighted by Gasteiger charge is -2.21. The van der Waals surface area contributed by atoms with Gasteiger partial charge in [-0.05, 0) is 32.5 Å². The first kappa shape index (κ1) is 18.2. The van der Waals surface area contributed by atoms with Gasteiger partial charge < -0.3 is 10.2 Å². The lowest BCUT2D eigenvalue weighted by Crippen LogP contribution is -2.40. The van der Waals surface area contributed by atoms with Gasteiger partial charge in [0.15, 0.2) is 0 Å². The van der Waals surface area contributed by atoms with Crippen LogP contribution in [0.15, 0.2) is 24.3 Å². The molecule has 0 aliphatic carbocycles. The number of likely N-dealkylation sites (N-methyl/N-ethyl adjacent to an activating group) is 2. The zero-order chi connectivity index (χ0) is 16.5. The Morgan fingerprint density at radius 2 is 1.73 bits per heavy atom. The molecule has 1 aromatic carbocycles. The molecule has 0 unspecified atom stereocenters. The second-order valence-corrected chi connectivity index (χ2v) is 5.76. The average Bonchev–Trinajstić information content (AvgIpc) is 2.46. The van der Waals surface area contributed by atoms with Gasteiger partial charge >= 0.3 is 0 Å². The predicted molar refractivity (Wildman–Crippen MR) is 89.9 cm³/mol. The summed E-state index contributed by atoms with van der Waals surface area (Å²) in [5.41, 5.74) is 1.92. The minimum absolute atomic E-state index is 0.0408.